The van der Waals surface area contributed by atoms with Crippen molar-refractivity contribution in [2.75, 3.05) is 64.4 Å². The number of likely N-dealkylation sites (N-methyl/N-ethyl adjacent to an activating group) is 1. The first-order valence-corrected chi connectivity index (χ1v) is 10.1. The molecule has 0 aromatic heterocycles. The van der Waals surface area contributed by atoms with E-state index in [1.54, 1.807) is 4.90 Å². The van der Waals surface area contributed by atoms with Crippen molar-refractivity contribution >= 4 is 17.6 Å². The number of benzene rings is 1. The summed E-state index contributed by atoms with van der Waals surface area (Å²) < 4.78 is 5.44. The van der Waals surface area contributed by atoms with Crippen molar-refractivity contribution < 1.29 is 19.4 Å². The Morgan fingerprint density at radius 1 is 1.07 bits per heavy atom. The topological polar surface area (TPSA) is 73.3 Å². The summed E-state index contributed by atoms with van der Waals surface area (Å²) >= 11 is 0. The van der Waals surface area contributed by atoms with Gasteiger partial charge in [0.25, 0.3) is 5.91 Å². The van der Waals surface area contributed by atoms with E-state index in [4.69, 9.17) is 4.74 Å². The molecule has 3 fully saturated rings. The van der Waals surface area contributed by atoms with Crippen LogP contribution in [0.3, 0.4) is 0 Å². The summed E-state index contributed by atoms with van der Waals surface area (Å²) in [5.41, 5.74) is 1.42. The van der Waals surface area contributed by atoms with Crippen LogP contribution in [-0.2, 0) is 9.53 Å². The SMILES string of the molecule is CN1CCN(c2ccc(C(=O)N3CC(C(=O)O)C4(CCOCC4)C3)cc2)CC1. The van der Waals surface area contributed by atoms with Crippen molar-refractivity contribution in [2.45, 2.75) is 12.8 Å². The highest BCUT2D eigenvalue weighted by atomic mass is 16.5. The van der Waals surface area contributed by atoms with Gasteiger partial charge in [0, 0.05) is 69.1 Å². The average molecular weight is 387 g/mol. The number of anilines is 1. The quantitative estimate of drug-likeness (QED) is 0.845. The van der Waals surface area contributed by atoms with E-state index in [1.807, 2.05) is 24.3 Å². The molecular weight excluding hydrogens is 358 g/mol. The number of amides is 1. The predicted molar refractivity (Wildman–Crippen MR) is 106 cm³/mol. The van der Waals surface area contributed by atoms with Crippen molar-refractivity contribution in [3.63, 3.8) is 0 Å². The van der Waals surface area contributed by atoms with Gasteiger partial charge >= 0.3 is 5.97 Å². The molecule has 1 aromatic carbocycles. The number of rotatable bonds is 3. The van der Waals surface area contributed by atoms with Crippen LogP contribution in [0, 0.1) is 11.3 Å². The lowest BCUT2D eigenvalue weighted by atomic mass is 9.72. The zero-order valence-corrected chi connectivity index (χ0v) is 16.5. The summed E-state index contributed by atoms with van der Waals surface area (Å²) in [6.07, 6.45) is 1.41. The first-order chi connectivity index (χ1) is 13.5. The van der Waals surface area contributed by atoms with Crippen LogP contribution in [0.2, 0.25) is 0 Å². The first-order valence-electron chi connectivity index (χ1n) is 10.1. The predicted octanol–water partition coefficient (Wildman–Crippen LogP) is 1.39. The summed E-state index contributed by atoms with van der Waals surface area (Å²) in [6, 6.07) is 7.77. The molecule has 4 rings (SSSR count). The molecule has 3 saturated heterocycles. The maximum absolute atomic E-state index is 13.1. The van der Waals surface area contributed by atoms with E-state index in [0.717, 1.165) is 31.9 Å². The fourth-order valence-electron chi connectivity index (χ4n) is 4.81. The molecule has 1 atom stereocenters. The van der Waals surface area contributed by atoms with Crippen LogP contribution in [0.5, 0.6) is 0 Å². The van der Waals surface area contributed by atoms with Crippen molar-refractivity contribution in [1.82, 2.24) is 9.80 Å². The molecule has 1 unspecified atom stereocenters. The van der Waals surface area contributed by atoms with Gasteiger partial charge in [-0.3, -0.25) is 9.59 Å². The monoisotopic (exact) mass is 387 g/mol. The van der Waals surface area contributed by atoms with Gasteiger partial charge in [-0.25, -0.2) is 0 Å². The highest BCUT2D eigenvalue weighted by Crippen LogP contribution is 2.44. The van der Waals surface area contributed by atoms with E-state index in [1.165, 1.54) is 0 Å². The smallest absolute Gasteiger partial charge is 0.308 e. The summed E-state index contributed by atoms with van der Waals surface area (Å²) in [6.45, 7) is 5.99. The minimum absolute atomic E-state index is 0.0699. The van der Waals surface area contributed by atoms with Gasteiger partial charge in [0.1, 0.15) is 0 Å². The normalized spacial score (nSPS) is 25.2. The fourth-order valence-corrected chi connectivity index (χ4v) is 4.81. The molecule has 3 heterocycles. The second kappa shape index (κ2) is 7.72. The van der Waals surface area contributed by atoms with Gasteiger partial charge in [-0.05, 0) is 44.2 Å². The zero-order chi connectivity index (χ0) is 19.7. The molecule has 3 aliphatic heterocycles. The molecule has 0 aliphatic carbocycles. The van der Waals surface area contributed by atoms with Gasteiger partial charge in [0.2, 0.25) is 0 Å². The number of aliphatic carboxylic acids is 1. The number of likely N-dealkylation sites (tertiary alicyclic amines) is 1. The number of carbonyl (C=O) groups excluding carboxylic acids is 1. The molecule has 28 heavy (non-hydrogen) atoms. The Bertz CT molecular complexity index is 722. The third-order valence-corrected chi connectivity index (χ3v) is 6.70. The second-order valence-electron chi connectivity index (χ2n) is 8.39. The minimum Gasteiger partial charge on any atom is -0.481 e. The van der Waals surface area contributed by atoms with Gasteiger partial charge in [-0.1, -0.05) is 0 Å². The van der Waals surface area contributed by atoms with Crippen LogP contribution >= 0.6 is 0 Å². The summed E-state index contributed by atoms with van der Waals surface area (Å²) in [5, 5.41) is 9.71. The molecule has 1 aromatic rings. The summed E-state index contributed by atoms with van der Waals surface area (Å²) in [7, 11) is 2.13. The maximum Gasteiger partial charge on any atom is 0.308 e. The Balaban J connectivity index is 1.46. The molecule has 1 N–H and O–H groups in total. The van der Waals surface area contributed by atoms with Gasteiger partial charge in [0.15, 0.2) is 0 Å². The molecule has 0 saturated carbocycles. The Hall–Kier alpha value is -2.12. The van der Waals surface area contributed by atoms with E-state index in [0.29, 0.717) is 38.2 Å². The Morgan fingerprint density at radius 3 is 2.32 bits per heavy atom. The number of nitrogens with zero attached hydrogens (tertiary/aromatic N) is 3. The van der Waals surface area contributed by atoms with Crippen LogP contribution in [0.1, 0.15) is 23.2 Å². The van der Waals surface area contributed by atoms with Crippen LogP contribution < -0.4 is 4.90 Å². The number of piperazine rings is 1. The lowest BCUT2D eigenvalue weighted by Gasteiger charge is -2.36. The van der Waals surface area contributed by atoms with Gasteiger partial charge in [-0.15, -0.1) is 0 Å². The molecule has 7 nitrogen and oxygen atoms in total. The van der Waals surface area contributed by atoms with Crippen LogP contribution in [0.4, 0.5) is 5.69 Å². The van der Waals surface area contributed by atoms with Crippen molar-refractivity contribution in [1.29, 1.82) is 0 Å². The van der Waals surface area contributed by atoms with Crippen LogP contribution in [0.25, 0.3) is 0 Å². The van der Waals surface area contributed by atoms with Gasteiger partial charge in [-0.2, -0.15) is 0 Å². The molecule has 0 radical (unpaired) electrons. The Labute approximate surface area is 165 Å². The number of ether oxygens (including phenoxy) is 1. The van der Waals surface area contributed by atoms with Crippen LogP contribution in [0.15, 0.2) is 24.3 Å². The maximum atomic E-state index is 13.1. The highest BCUT2D eigenvalue weighted by molar-refractivity contribution is 5.95. The minimum atomic E-state index is -0.803. The molecule has 1 amide bonds. The van der Waals surface area contributed by atoms with E-state index in [-0.39, 0.29) is 17.9 Å². The number of carboxylic acids is 1. The van der Waals surface area contributed by atoms with E-state index in [9.17, 15) is 14.7 Å². The van der Waals surface area contributed by atoms with Gasteiger partial charge in [0.05, 0.1) is 5.92 Å². The van der Waals surface area contributed by atoms with E-state index < -0.39 is 11.9 Å². The lowest BCUT2D eigenvalue weighted by Crippen LogP contribution is -2.44. The van der Waals surface area contributed by atoms with E-state index >= 15 is 0 Å². The number of carbonyl (C=O) groups is 2. The third kappa shape index (κ3) is 3.61. The third-order valence-electron chi connectivity index (χ3n) is 6.70. The number of hydrogen-bond donors (Lipinski definition) is 1. The second-order valence-corrected chi connectivity index (χ2v) is 8.39. The van der Waals surface area contributed by atoms with Crippen molar-refractivity contribution in [3.8, 4) is 0 Å². The fraction of sp³-hybridized carbons (Fsp3) is 0.619. The van der Waals surface area contributed by atoms with Crippen molar-refractivity contribution in [2.24, 2.45) is 11.3 Å². The highest BCUT2D eigenvalue weighted by Gasteiger charge is 2.52. The van der Waals surface area contributed by atoms with Gasteiger partial charge < -0.3 is 24.5 Å². The largest absolute Gasteiger partial charge is 0.481 e. The molecule has 7 heteroatoms. The van der Waals surface area contributed by atoms with Crippen LogP contribution in [-0.4, -0.2) is 86.3 Å². The number of hydrogen-bond acceptors (Lipinski definition) is 5. The lowest BCUT2D eigenvalue weighted by molar-refractivity contribution is -0.146. The van der Waals surface area contributed by atoms with E-state index in [2.05, 4.69) is 16.8 Å². The standard InChI is InChI=1S/C21H29N3O4/c1-22-8-10-23(11-9-22)17-4-2-16(3-5-17)19(25)24-14-18(20(26)27)21(15-24)6-12-28-13-7-21/h2-5,18H,6-15H2,1H3,(H,26,27). The Kier molecular flexibility index (Phi) is 5.29. The van der Waals surface area contributed by atoms with Crippen molar-refractivity contribution in [3.05, 3.63) is 29.8 Å². The number of carboxylic acid groups (broad SMARTS) is 1. The molecule has 0 bridgehead atoms. The molecule has 152 valence electrons. The Morgan fingerprint density at radius 2 is 1.71 bits per heavy atom. The molecule has 3 aliphatic rings. The average Bonchev–Trinajstić information content (AvgIpc) is 3.07. The first kappa shape index (κ1) is 19.2. The zero-order valence-electron chi connectivity index (χ0n) is 16.5. The molecule has 1 spiro atoms. The summed E-state index contributed by atoms with van der Waals surface area (Å²) in [5.74, 6) is -1.38. The summed E-state index contributed by atoms with van der Waals surface area (Å²) in [4.78, 5) is 31.3. The molecular formula is C21H29N3O4.